The zero-order valence-electron chi connectivity index (χ0n) is 25.0. The van der Waals surface area contributed by atoms with Crippen LogP contribution in [0.5, 0.6) is 0 Å². The lowest BCUT2D eigenvalue weighted by molar-refractivity contribution is -0.929. The fraction of sp³-hybridized carbons (Fsp3) is 0.844. The van der Waals surface area contributed by atoms with Gasteiger partial charge in [0.05, 0.1) is 26.2 Å². The molecule has 0 aliphatic rings. The molecule has 0 amide bonds. The summed E-state index contributed by atoms with van der Waals surface area (Å²) in [6.45, 7) is 5.84. The zero-order chi connectivity index (χ0) is 29.0. The molecule has 7 nitrogen and oxygen atoms in total. The molecular formula is C32H59NO6. The summed E-state index contributed by atoms with van der Waals surface area (Å²) in [5.41, 5.74) is 0. The molecule has 0 bridgehead atoms. The van der Waals surface area contributed by atoms with Crippen LogP contribution in [0.15, 0.2) is 12.2 Å². The number of unbranched alkanes of at least 4 members (excludes halogenated alkanes) is 14. The highest BCUT2D eigenvalue weighted by atomic mass is 16.4. The van der Waals surface area contributed by atoms with E-state index in [1.165, 1.54) is 77.0 Å². The summed E-state index contributed by atoms with van der Waals surface area (Å²) >= 11 is 0. The van der Waals surface area contributed by atoms with Crippen LogP contribution in [0.3, 0.4) is 0 Å². The van der Waals surface area contributed by atoms with Gasteiger partial charge in [-0.2, -0.15) is 0 Å². The molecule has 0 aromatic heterocycles. The summed E-state index contributed by atoms with van der Waals surface area (Å²) in [6.07, 6.45) is 25.6. The first-order valence-corrected chi connectivity index (χ1v) is 15.9. The number of hydrogen-bond donors (Lipinski definition) is 2. The SMILES string of the molecule is CCCCC/C=C/CCCCCCCCCC[N+](CCCCC(=O)[O-])(CCCCC(=O)O)CCCCC(=O)O. The van der Waals surface area contributed by atoms with Crippen LogP contribution < -0.4 is 5.11 Å². The summed E-state index contributed by atoms with van der Waals surface area (Å²) in [6, 6.07) is 0. The lowest BCUT2D eigenvalue weighted by Crippen LogP contribution is -2.51. The lowest BCUT2D eigenvalue weighted by atomic mass is 10.0. The van der Waals surface area contributed by atoms with E-state index < -0.39 is 17.9 Å². The van der Waals surface area contributed by atoms with Crippen LogP contribution >= 0.6 is 0 Å². The standard InChI is InChI=1S/C32H59NO6/c1-2-3-4-5-6-7-8-9-10-11-12-13-14-15-19-26-33(27-20-16-23-30(34)35,28-21-17-24-31(36)37)29-22-18-25-32(38)39/h6-7H,2-5,8-29H2,1H3,(H2-,34,35,36,37,38,39)/b7-6+. The van der Waals surface area contributed by atoms with Gasteiger partial charge in [0.1, 0.15) is 0 Å². The number of rotatable bonds is 30. The predicted molar refractivity (Wildman–Crippen MR) is 156 cm³/mol. The minimum atomic E-state index is -1.02. The molecule has 0 unspecified atom stereocenters. The Morgan fingerprint density at radius 2 is 0.897 bits per heavy atom. The number of nitrogens with zero attached hydrogens (tertiary/aromatic N) is 1. The van der Waals surface area contributed by atoms with Crippen molar-refractivity contribution in [3.8, 4) is 0 Å². The highest BCUT2D eigenvalue weighted by molar-refractivity contribution is 5.66. The number of hydrogen-bond acceptors (Lipinski definition) is 4. The molecule has 0 rings (SSSR count). The van der Waals surface area contributed by atoms with E-state index in [0.29, 0.717) is 19.3 Å². The molecule has 0 aliphatic carbocycles. The Hall–Kier alpha value is -1.89. The Morgan fingerprint density at radius 1 is 0.538 bits per heavy atom. The minimum Gasteiger partial charge on any atom is -0.550 e. The van der Waals surface area contributed by atoms with E-state index in [4.69, 9.17) is 10.2 Å². The van der Waals surface area contributed by atoms with Gasteiger partial charge in [-0.3, -0.25) is 9.59 Å². The Morgan fingerprint density at radius 3 is 1.31 bits per heavy atom. The molecule has 0 spiro atoms. The molecule has 2 N–H and O–H groups in total. The van der Waals surface area contributed by atoms with Crippen LogP contribution in [-0.4, -0.2) is 58.8 Å². The third-order valence-electron chi connectivity index (χ3n) is 7.70. The molecule has 0 fully saturated rings. The first-order chi connectivity index (χ1) is 18.8. The quantitative estimate of drug-likeness (QED) is 0.0569. The fourth-order valence-electron chi connectivity index (χ4n) is 5.35. The average Bonchev–Trinajstić information content (AvgIpc) is 2.89. The van der Waals surface area contributed by atoms with Gasteiger partial charge in [0.25, 0.3) is 0 Å². The number of quaternary nitrogens is 1. The zero-order valence-corrected chi connectivity index (χ0v) is 25.0. The molecule has 0 saturated heterocycles. The Kier molecular flexibility index (Phi) is 25.1. The summed E-state index contributed by atoms with van der Waals surface area (Å²) in [5, 5.41) is 28.9. The van der Waals surface area contributed by atoms with Crippen molar-refractivity contribution >= 4 is 17.9 Å². The van der Waals surface area contributed by atoms with Gasteiger partial charge < -0.3 is 24.6 Å². The van der Waals surface area contributed by atoms with E-state index in [1.54, 1.807) is 0 Å². The summed E-state index contributed by atoms with van der Waals surface area (Å²) in [4.78, 5) is 32.8. The molecule has 0 aromatic carbocycles. The van der Waals surface area contributed by atoms with Crippen molar-refractivity contribution in [3.63, 3.8) is 0 Å². The molecule has 0 saturated carbocycles. The Bertz CT molecular complexity index is 594. The molecule has 0 aliphatic heterocycles. The number of carboxylic acids is 3. The second-order valence-corrected chi connectivity index (χ2v) is 11.4. The van der Waals surface area contributed by atoms with Crippen LogP contribution in [0.1, 0.15) is 148 Å². The van der Waals surface area contributed by atoms with E-state index in [9.17, 15) is 19.5 Å². The molecular weight excluding hydrogens is 494 g/mol. The van der Waals surface area contributed by atoms with Crippen LogP contribution in [0, 0.1) is 0 Å². The topological polar surface area (TPSA) is 115 Å². The first-order valence-electron chi connectivity index (χ1n) is 15.9. The van der Waals surface area contributed by atoms with Gasteiger partial charge in [-0.05, 0) is 83.5 Å². The van der Waals surface area contributed by atoms with E-state index in [2.05, 4.69) is 19.1 Å². The maximum atomic E-state index is 11.0. The first kappa shape index (κ1) is 37.1. The number of aliphatic carboxylic acids is 3. The van der Waals surface area contributed by atoms with E-state index in [1.807, 2.05) is 0 Å². The summed E-state index contributed by atoms with van der Waals surface area (Å²) in [7, 11) is 0. The minimum absolute atomic E-state index is 0.0628. The molecule has 0 radical (unpaired) electrons. The molecule has 39 heavy (non-hydrogen) atoms. The van der Waals surface area contributed by atoms with Crippen molar-refractivity contribution in [2.75, 3.05) is 26.2 Å². The third-order valence-corrected chi connectivity index (χ3v) is 7.70. The van der Waals surface area contributed by atoms with Gasteiger partial charge in [-0.1, -0.05) is 64.0 Å². The van der Waals surface area contributed by atoms with Gasteiger partial charge in [0.15, 0.2) is 0 Å². The molecule has 0 atom stereocenters. The van der Waals surface area contributed by atoms with Crippen molar-refractivity contribution in [1.82, 2.24) is 0 Å². The van der Waals surface area contributed by atoms with Gasteiger partial charge in [0, 0.05) is 18.8 Å². The fourth-order valence-corrected chi connectivity index (χ4v) is 5.35. The van der Waals surface area contributed by atoms with Gasteiger partial charge in [-0.25, -0.2) is 0 Å². The number of carbonyl (C=O) groups excluding carboxylic acids is 1. The largest absolute Gasteiger partial charge is 0.550 e. The number of allylic oxidation sites excluding steroid dienone is 2. The van der Waals surface area contributed by atoms with E-state index >= 15 is 0 Å². The highest BCUT2D eigenvalue weighted by Gasteiger charge is 2.26. The predicted octanol–water partition coefficient (Wildman–Crippen LogP) is 6.88. The highest BCUT2D eigenvalue weighted by Crippen LogP contribution is 2.19. The normalized spacial score (nSPS) is 11.8. The maximum absolute atomic E-state index is 11.0. The smallest absolute Gasteiger partial charge is 0.303 e. The van der Waals surface area contributed by atoms with Crippen LogP contribution in [0.25, 0.3) is 0 Å². The second-order valence-electron chi connectivity index (χ2n) is 11.4. The van der Waals surface area contributed by atoms with Crippen molar-refractivity contribution in [2.45, 2.75) is 148 Å². The van der Waals surface area contributed by atoms with Crippen molar-refractivity contribution < 1.29 is 34.2 Å². The molecule has 7 heteroatoms. The Balaban J connectivity index is 4.50. The van der Waals surface area contributed by atoms with Crippen LogP contribution in [0.4, 0.5) is 0 Å². The molecule has 0 heterocycles. The van der Waals surface area contributed by atoms with Crippen molar-refractivity contribution in [1.29, 1.82) is 0 Å². The van der Waals surface area contributed by atoms with Crippen molar-refractivity contribution in [2.24, 2.45) is 0 Å². The molecule has 228 valence electrons. The molecule has 0 aromatic rings. The Labute approximate surface area is 238 Å². The van der Waals surface area contributed by atoms with Crippen molar-refractivity contribution in [3.05, 3.63) is 12.2 Å². The number of carbonyl (C=O) groups is 3. The summed E-state index contributed by atoms with van der Waals surface area (Å²) in [5.74, 6) is -2.57. The summed E-state index contributed by atoms with van der Waals surface area (Å²) < 4.78 is 0.845. The van der Waals surface area contributed by atoms with Crippen LogP contribution in [0.2, 0.25) is 0 Å². The van der Waals surface area contributed by atoms with Gasteiger partial charge in [-0.15, -0.1) is 0 Å². The van der Waals surface area contributed by atoms with E-state index in [0.717, 1.165) is 56.3 Å². The lowest BCUT2D eigenvalue weighted by Gasteiger charge is -2.39. The van der Waals surface area contributed by atoms with Gasteiger partial charge in [0.2, 0.25) is 0 Å². The average molecular weight is 554 g/mol. The third kappa shape index (κ3) is 26.1. The van der Waals surface area contributed by atoms with Gasteiger partial charge >= 0.3 is 11.9 Å². The van der Waals surface area contributed by atoms with E-state index in [-0.39, 0.29) is 19.3 Å². The second kappa shape index (κ2) is 26.3. The van der Waals surface area contributed by atoms with Crippen LogP contribution in [-0.2, 0) is 14.4 Å². The maximum Gasteiger partial charge on any atom is 0.303 e. The monoisotopic (exact) mass is 553 g/mol. The number of carboxylic acid groups (broad SMARTS) is 3.